The quantitative estimate of drug-likeness (QED) is 0.214. The summed E-state index contributed by atoms with van der Waals surface area (Å²) in [6.07, 6.45) is 0.782. The molecule has 0 spiro atoms. The predicted octanol–water partition coefficient (Wildman–Crippen LogP) is 6.09. The number of rotatable bonds is 6. The number of hydrogen-bond acceptors (Lipinski definition) is 5. The number of hydrogen-bond donors (Lipinski definition) is 3. The number of nitrogens with one attached hydrogen (secondary N) is 1. The monoisotopic (exact) mass is 513 g/mol. The Morgan fingerprint density at radius 2 is 1.71 bits per heavy atom. The minimum absolute atomic E-state index is 0.0376. The second-order valence-electron chi connectivity index (χ2n) is 8.60. The van der Waals surface area contributed by atoms with Crippen LogP contribution in [0, 0.1) is 11.6 Å². The predicted molar refractivity (Wildman–Crippen MR) is 140 cm³/mol. The van der Waals surface area contributed by atoms with Crippen LogP contribution in [0.15, 0.2) is 84.0 Å². The van der Waals surface area contributed by atoms with Crippen LogP contribution in [0.3, 0.4) is 0 Å². The number of halogens is 2. The lowest BCUT2D eigenvalue weighted by molar-refractivity contribution is -0.111. The third kappa shape index (κ3) is 4.34. The van der Waals surface area contributed by atoms with Gasteiger partial charge in [0.25, 0.3) is 5.91 Å². The highest BCUT2D eigenvalue weighted by atomic mass is 19.1. The van der Waals surface area contributed by atoms with Crippen molar-refractivity contribution in [3.8, 4) is 16.9 Å². The molecular formula is C29H21F2N3O4. The van der Waals surface area contributed by atoms with E-state index in [-0.39, 0.29) is 34.0 Å². The van der Waals surface area contributed by atoms with Crippen LogP contribution in [0.4, 0.5) is 25.8 Å². The number of nitrogens with zero attached hydrogens (tertiary/aromatic N) is 2. The number of amides is 1. The Balaban J connectivity index is 1.54. The van der Waals surface area contributed by atoms with Crippen LogP contribution >= 0.6 is 0 Å². The number of aryl methyl sites for hydroxylation is 1. The van der Waals surface area contributed by atoms with Gasteiger partial charge in [0, 0.05) is 22.9 Å². The number of carboxylic acids is 1. The van der Waals surface area contributed by atoms with Gasteiger partial charge in [-0.25, -0.2) is 13.6 Å². The molecule has 3 N–H and O–H groups in total. The molecule has 0 radical (unpaired) electrons. The van der Waals surface area contributed by atoms with E-state index in [9.17, 15) is 28.6 Å². The van der Waals surface area contributed by atoms with Crippen molar-refractivity contribution in [2.24, 2.45) is 5.10 Å². The van der Waals surface area contributed by atoms with Crippen LogP contribution in [0.25, 0.3) is 11.1 Å². The van der Waals surface area contributed by atoms with E-state index in [2.05, 4.69) is 10.5 Å². The summed E-state index contributed by atoms with van der Waals surface area (Å²) >= 11 is 0. The minimum Gasteiger partial charge on any atom is -0.505 e. The van der Waals surface area contributed by atoms with Gasteiger partial charge in [0.2, 0.25) is 0 Å². The van der Waals surface area contributed by atoms with Gasteiger partial charge in [-0.15, -0.1) is 0 Å². The normalized spacial score (nSPS) is 13.6. The zero-order valence-electron chi connectivity index (χ0n) is 20.1. The molecule has 0 aliphatic carbocycles. The third-order valence-electron chi connectivity index (χ3n) is 6.26. The first-order valence-corrected chi connectivity index (χ1v) is 11.7. The summed E-state index contributed by atoms with van der Waals surface area (Å²) in [5.74, 6) is -3.82. The van der Waals surface area contributed by atoms with Crippen molar-refractivity contribution in [1.82, 2.24) is 0 Å². The van der Waals surface area contributed by atoms with Crippen molar-refractivity contribution in [2.75, 3.05) is 10.3 Å². The van der Waals surface area contributed by atoms with E-state index in [1.165, 1.54) is 18.2 Å². The smallest absolute Gasteiger partial charge is 0.335 e. The van der Waals surface area contributed by atoms with E-state index in [1.807, 2.05) is 19.1 Å². The lowest BCUT2D eigenvalue weighted by Gasteiger charge is -2.18. The van der Waals surface area contributed by atoms with Gasteiger partial charge in [0.1, 0.15) is 11.6 Å². The fraction of sp³-hybridized carbons (Fsp3) is 0.0690. The lowest BCUT2D eigenvalue weighted by Crippen LogP contribution is -2.26. The number of carboxylic acid groups (broad SMARTS) is 1. The van der Waals surface area contributed by atoms with Gasteiger partial charge in [-0.1, -0.05) is 43.3 Å². The first-order chi connectivity index (χ1) is 18.3. The molecule has 0 unspecified atom stereocenters. The molecule has 1 aliphatic rings. The van der Waals surface area contributed by atoms with Crippen molar-refractivity contribution < 1.29 is 28.6 Å². The van der Waals surface area contributed by atoms with Gasteiger partial charge >= 0.3 is 5.97 Å². The Kier molecular flexibility index (Phi) is 6.34. The van der Waals surface area contributed by atoms with Crippen molar-refractivity contribution in [3.05, 3.63) is 107 Å². The molecule has 4 aromatic rings. The number of anilines is 3. The number of aromatic carboxylic acids is 1. The maximum Gasteiger partial charge on any atom is 0.335 e. The molecule has 1 heterocycles. The van der Waals surface area contributed by atoms with Crippen molar-refractivity contribution in [3.63, 3.8) is 0 Å². The lowest BCUT2D eigenvalue weighted by atomic mass is 10.0. The molecule has 0 bridgehead atoms. The molecule has 0 saturated heterocycles. The van der Waals surface area contributed by atoms with E-state index in [0.717, 1.165) is 23.0 Å². The molecular weight excluding hydrogens is 492 g/mol. The second kappa shape index (κ2) is 9.78. The third-order valence-corrected chi connectivity index (χ3v) is 6.26. The van der Waals surface area contributed by atoms with E-state index in [1.54, 1.807) is 36.4 Å². The largest absolute Gasteiger partial charge is 0.505 e. The number of phenolic OH excluding ortho intramolecular Hbond substituents is 1. The number of fused-ring (bicyclic) bond motifs is 1. The highest BCUT2D eigenvalue weighted by Gasteiger charge is 2.38. The maximum absolute atomic E-state index is 14.9. The van der Waals surface area contributed by atoms with E-state index >= 15 is 0 Å². The Bertz CT molecular complexity index is 1620. The summed E-state index contributed by atoms with van der Waals surface area (Å²) in [4.78, 5) is 25.9. The average molecular weight is 514 g/mol. The van der Waals surface area contributed by atoms with Crippen molar-refractivity contribution in [1.29, 1.82) is 0 Å². The Morgan fingerprint density at radius 1 is 0.974 bits per heavy atom. The first-order valence-electron chi connectivity index (χ1n) is 11.7. The molecule has 7 nitrogen and oxygen atoms in total. The van der Waals surface area contributed by atoms with Gasteiger partial charge in [-0.3, -0.25) is 15.1 Å². The zero-order chi connectivity index (χ0) is 27.0. The van der Waals surface area contributed by atoms with Crippen molar-refractivity contribution in [2.45, 2.75) is 13.3 Å². The highest BCUT2D eigenvalue weighted by molar-refractivity contribution is 6.55. The number of para-hydroxylation sites is 1. The summed E-state index contributed by atoms with van der Waals surface area (Å²) in [6.45, 7) is 1.98. The maximum atomic E-state index is 14.9. The summed E-state index contributed by atoms with van der Waals surface area (Å²) < 4.78 is 29.1. The zero-order valence-corrected chi connectivity index (χ0v) is 20.1. The molecule has 0 saturated carbocycles. The molecule has 5 rings (SSSR count). The van der Waals surface area contributed by atoms with E-state index < -0.39 is 23.5 Å². The average Bonchev–Trinajstić information content (AvgIpc) is 3.19. The Morgan fingerprint density at radius 3 is 2.42 bits per heavy atom. The molecule has 1 amide bonds. The van der Waals surface area contributed by atoms with Crippen LogP contribution in [0.5, 0.6) is 5.75 Å². The number of phenols is 1. The number of hydrazone groups is 1. The van der Waals surface area contributed by atoms with Gasteiger partial charge < -0.3 is 10.2 Å². The summed E-state index contributed by atoms with van der Waals surface area (Å²) in [7, 11) is 0. The van der Waals surface area contributed by atoms with Crippen LogP contribution in [0.1, 0.15) is 28.4 Å². The number of carbonyl (C=O) groups excluding carboxylic acids is 1. The number of carbonyl (C=O) groups is 2. The van der Waals surface area contributed by atoms with Crippen LogP contribution in [-0.4, -0.2) is 27.8 Å². The molecule has 4 aromatic carbocycles. The number of aromatic hydroxyl groups is 1. The minimum atomic E-state index is -1.11. The van der Waals surface area contributed by atoms with Crippen molar-refractivity contribution >= 4 is 34.7 Å². The summed E-state index contributed by atoms with van der Waals surface area (Å²) in [6, 6.07) is 19.5. The van der Waals surface area contributed by atoms with E-state index in [4.69, 9.17) is 0 Å². The van der Waals surface area contributed by atoms with Gasteiger partial charge in [0.05, 0.1) is 16.9 Å². The Hall–Kier alpha value is -5.05. The molecule has 0 fully saturated rings. The topological polar surface area (TPSA) is 102 Å². The van der Waals surface area contributed by atoms with Gasteiger partial charge in [-0.2, -0.15) is 5.10 Å². The molecule has 0 aromatic heterocycles. The van der Waals surface area contributed by atoms with Crippen LogP contribution in [0.2, 0.25) is 0 Å². The Labute approximate surface area is 216 Å². The number of benzene rings is 4. The molecule has 1 aliphatic heterocycles. The summed E-state index contributed by atoms with van der Waals surface area (Å²) in [5, 5.41) is 24.3. The molecule has 0 atom stereocenters. The van der Waals surface area contributed by atoms with Gasteiger partial charge in [-0.05, 0) is 53.9 Å². The van der Waals surface area contributed by atoms with Crippen LogP contribution < -0.4 is 10.3 Å². The fourth-order valence-corrected chi connectivity index (χ4v) is 4.33. The van der Waals surface area contributed by atoms with Gasteiger partial charge in [0.15, 0.2) is 11.5 Å². The second-order valence-corrected chi connectivity index (χ2v) is 8.60. The summed E-state index contributed by atoms with van der Waals surface area (Å²) in [5.41, 5.74) is 4.58. The molecule has 190 valence electrons. The SMILES string of the molecule is CCc1ccc(N2C(=O)/C(=N\Nc3cccc(-c4cccc(C(=O)O)c4)c3O)c3cc(F)cc(F)c32)cc1. The fourth-order valence-electron chi connectivity index (χ4n) is 4.33. The highest BCUT2D eigenvalue weighted by Crippen LogP contribution is 2.40. The first kappa shape index (κ1) is 24.6. The molecule has 38 heavy (non-hydrogen) atoms. The van der Waals surface area contributed by atoms with E-state index in [0.29, 0.717) is 22.9 Å². The van der Waals surface area contributed by atoms with Crippen LogP contribution in [-0.2, 0) is 11.2 Å². The standard InChI is InChI=1S/C29H21F2N3O4/c1-2-16-9-11-20(12-10-16)34-26-22(14-19(30)15-23(26)31)25(28(34)36)33-32-24-8-4-7-21(27(24)35)17-5-3-6-18(13-17)29(37)38/h3-15,32,35H,2H2,1H3,(H,37,38)/b33-25-. The molecule has 9 heteroatoms.